The smallest absolute Gasteiger partial charge is 0.420 e. The highest BCUT2D eigenvalue weighted by Gasteiger charge is 2.45. The molecule has 4 saturated heterocycles. The number of imidazole rings is 4. The van der Waals surface area contributed by atoms with E-state index in [2.05, 4.69) is 66.1 Å². The Bertz CT molecular complexity index is 6740. The standard InChI is InChI=1S/C33H40F4N6O4.C28H32F4N6O2.C24H26FN5O2.C21H30ClN5O3/c1-20-18-41(14-15-42(20)30(45)26(16-21-8-6-5-7-9-21)39-31(46)47-32(2,3)4)29(44)27-19-43-28(38-27)24(33(35,36)37)17-25(40-43)22-10-12-23(34)13-11-22;1-17-15-36(11-12-37(17)26(39)22(33)13-18-5-3-2-4-6-18)27(40)24-16-38-25(34-24)21(28(30,31)32)14-23(35-38)19-7-9-20(29)10-8-19;1-5-22(31)29-11-10-28(13-16(29)4)24(32)21-14-30-23(26-21)19(15(2)3)12-20(27-30)17-6-8-18(25)9-7-17;1-13(2)14-10-16(22)24-27-11-15(23-17(14)27)18(28)26-9-8-25(12-21(26,6)7)19(29)30-20(3,4)5/h10-13,17,19-21,26H,5-9,14-16,18H2,1-4H3,(H,39,46);7-10,14,16-18,22H,2-6,11-13,15,33H2,1H3;5-9,12,14-16H,1,10-11,13H2,2-4H3;10-11,13H,8-9,12H2,1-7H3/t20-,26+;17-,22+;16-;/m000./s1. The van der Waals surface area contributed by atoms with Crippen LogP contribution in [0.2, 0.25) is 5.15 Å². The molecule has 12 heterocycles. The van der Waals surface area contributed by atoms with Gasteiger partial charge in [-0.1, -0.05) is 110 Å². The van der Waals surface area contributed by atoms with Crippen LogP contribution in [0.3, 0.4) is 0 Å². The van der Waals surface area contributed by atoms with Crippen LogP contribution in [-0.2, 0) is 36.2 Å². The fourth-order valence-corrected chi connectivity index (χ4v) is 20.0. The molecule has 8 aromatic heterocycles. The zero-order valence-electron chi connectivity index (χ0n) is 86.3. The lowest BCUT2D eigenvalue weighted by Crippen LogP contribution is -2.62. The van der Waals surface area contributed by atoms with Crippen molar-refractivity contribution in [1.29, 1.82) is 0 Å². The average Bonchev–Trinajstić information content (AvgIpc) is 1.61. The number of carbonyl (C=O) groups excluding carboxylic acids is 9. The average molecular weight is 2090 g/mol. The number of hydrogen-bond donors (Lipinski definition) is 2. The predicted molar refractivity (Wildman–Crippen MR) is 539 cm³/mol. The molecule has 3 N–H and O–H groups in total. The van der Waals surface area contributed by atoms with Gasteiger partial charge in [0, 0.05) is 124 Å². The number of nitrogens with one attached hydrogen (secondary N) is 1. The lowest BCUT2D eigenvalue weighted by Gasteiger charge is -2.46. The first-order valence-corrected chi connectivity index (χ1v) is 50.7. The third-order valence-electron chi connectivity index (χ3n) is 27.4. The molecule has 11 aromatic rings. The summed E-state index contributed by atoms with van der Waals surface area (Å²) in [5.74, 6) is -2.35. The number of piperazine rings is 4. The first kappa shape index (κ1) is 111. The van der Waals surface area contributed by atoms with Gasteiger partial charge < -0.3 is 59.7 Å². The number of ether oxygens (including phenoxy) is 2. The Kier molecular flexibility index (Phi) is 34.1. The van der Waals surface area contributed by atoms with Gasteiger partial charge in [0.2, 0.25) is 17.7 Å². The lowest BCUT2D eigenvalue weighted by molar-refractivity contribution is -0.138. The zero-order chi connectivity index (χ0) is 108. The number of fused-ring (bicyclic) bond motifs is 4. The van der Waals surface area contributed by atoms with Gasteiger partial charge in [-0.05, 0) is 216 Å². The molecule has 2 aliphatic carbocycles. The fourth-order valence-electron chi connectivity index (χ4n) is 19.8. The van der Waals surface area contributed by atoms with Crippen molar-refractivity contribution in [3.05, 3.63) is 202 Å². The molecule has 17 rings (SSSR count). The second-order valence-corrected chi connectivity index (χ2v) is 42.6. The fraction of sp³-hybridized carbons (Fsp3) is 0.500. The van der Waals surface area contributed by atoms with Crippen LogP contribution in [0.1, 0.15) is 257 Å². The SMILES string of the molecule is C=CC(=O)N1CCN(C(=O)c2cn3nc(-c4ccc(F)cc4)cc(C(C)C)c3n2)C[C@@H]1C.CC(C)c1cc(Cl)nn2cc(C(=O)N3CCN(C(=O)OC(C)(C)C)CC3(C)C)nc12.C[C@H]1CN(C(=O)c2cn3nc(-c4ccc(F)cc4)cc(C(F)(F)F)c3n2)CCN1C(=O)[C@@H](CC1CCCCC1)NC(=O)OC(C)(C)C.C[C@H]1CN(C(=O)c2cn3nc(-c4ccc(F)cc4)cc(C(F)(F)F)c3n2)CCN1C(=O)[C@H](N)CC1CCCCC1. The van der Waals surface area contributed by atoms with Gasteiger partial charge in [-0.15, -0.1) is 0 Å². The van der Waals surface area contributed by atoms with E-state index >= 15 is 0 Å². The summed E-state index contributed by atoms with van der Waals surface area (Å²) in [4.78, 5) is 148. The summed E-state index contributed by atoms with van der Waals surface area (Å²) in [6.45, 7) is 35.4. The number of aromatic nitrogens is 12. The highest BCUT2D eigenvalue weighted by Crippen LogP contribution is 2.40. The molecule has 33 nitrogen and oxygen atoms in total. The maximum Gasteiger partial charge on any atom is 0.420 e. The van der Waals surface area contributed by atoms with Gasteiger partial charge in [0.15, 0.2) is 22.6 Å². The van der Waals surface area contributed by atoms with Gasteiger partial charge in [0.25, 0.3) is 23.6 Å². The quantitative estimate of drug-likeness (QED) is 0.0631. The van der Waals surface area contributed by atoms with Crippen LogP contribution in [0.15, 0.2) is 135 Å². The summed E-state index contributed by atoms with van der Waals surface area (Å²) in [6, 6.07) is 19.1. The van der Waals surface area contributed by atoms with E-state index in [-0.39, 0.29) is 139 Å². The first-order chi connectivity index (χ1) is 70.2. The third-order valence-corrected chi connectivity index (χ3v) is 27.5. The van der Waals surface area contributed by atoms with E-state index in [0.29, 0.717) is 97.5 Å². The van der Waals surface area contributed by atoms with Crippen molar-refractivity contribution in [1.82, 2.24) is 103 Å². The third kappa shape index (κ3) is 27.0. The number of nitrogens with two attached hydrogens (primary N) is 1. The van der Waals surface area contributed by atoms with E-state index in [9.17, 15) is 82.7 Å². The van der Waals surface area contributed by atoms with Crippen LogP contribution in [0.25, 0.3) is 56.4 Å². The number of rotatable bonds is 17. The molecule has 4 aliphatic heterocycles. The van der Waals surface area contributed by atoms with E-state index < -0.39 is 99.2 Å². The van der Waals surface area contributed by atoms with Crippen LogP contribution >= 0.6 is 11.6 Å². The summed E-state index contributed by atoms with van der Waals surface area (Å²) in [5, 5.41) is 20.5. The Hall–Kier alpha value is -13.7. The summed E-state index contributed by atoms with van der Waals surface area (Å²) in [7, 11) is 0. The number of carbonyl (C=O) groups is 9. The number of halogens is 10. The maximum atomic E-state index is 14.1. The molecule has 5 atom stereocenters. The molecule has 6 fully saturated rings. The molecule has 6 aliphatic rings. The van der Waals surface area contributed by atoms with Crippen LogP contribution in [0.5, 0.6) is 0 Å². The monoisotopic (exact) mass is 2090 g/mol. The second kappa shape index (κ2) is 45.8. The number of alkyl halides is 6. The van der Waals surface area contributed by atoms with E-state index in [4.69, 9.17) is 26.8 Å². The van der Waals surface area contributed by atoms with Crippen molar-refractivity contribution < 1.29 is 92.1 Å². The Morgan fingerprint density at radius 2 is 0.819 bits per heavy atom. The molecule has 0 spiro atoms. The highest BCUT2D eigenvalue weighted by atomic mass is 35.5. The summed E-state index contributed by atoms with van der Waals surface area (Å²) >= 11 is 6.14. The van der Waals surface area contributed by atoms with Crippen molar-refractivity contribution in [2.45, 2.75) is 252 Å². The minimum atomic E-state index is -4.80. The Balaban J connectivity index is 0.000000159. The first-order valence-electron chi connectivity index (χ1n) is 50.3. The Labute approximate surface area is 862 Å². The molecule has 9 amide bonds. The van der Waals surface area contributed by atoms with Crippen molar-refractivity contribution in [3.63, 3.8) is 0 Å². The van der Waals surface area contributed by atoms with Crippen LogP contribution in [0, 0.1) is 29.3 Å². The molecule has 149 heavy (non-hydrogen) atoms. The van der Waals surface area contributed by atoms with E-state index in [1.165, 1.54) is 77.7 Å². The van der Waals surface area contributed by atoms with E-state index in [1.54, 1.807) is 96.7 Å². The number of amides is 9. The van der Waals surface area contributed by atoms with Gasteiger partial charge in [-0.2, -0.15) is 46.7 Å². The van der Waals surface area contributed by atoms with Crippen molar-refractivity contribution in [2.75, 3.05) is 78.5 Å². The molecule has 0 bridgehead atoms. The molecular formula is C106H128ClF9N22O11. The summed E-state index contributed by atoms with van der Waals surface area (Å²) in [5.41, 5.74) is 6.48. The molecule has 2 saturated carbocycles. The van der Waals surface area contributed by atoms with Crippen LogP contribution < -0.4 is 11.1 Å². The highest BCUT2D eigenvalue weighted by molar-refractivity contribution is 6.29. The van der Waals surface area contributed by atoms with E-state index in [0.717, 1.165) is 113 Å². The second-order valence-electron chi connectivity index (χ2n) is 42.3. The van der Waals surface area contributed by atoms with Crippen LogP contribution in [-0.4, -0.2) is 277 Å². The lowest BCUT2D eigenvalue weighted by atomic mass is 9.84. The summed E-state index contributed by atoms with van der Waals surface area (Å²) in [6.07, 6.45) is 8.41. The normalized spacial score (nSPS) is 18.2. The maximum absolute atomic E-state index is 14.1. The topological polar surface area (TPSA) is 357 Å². The summed E-state index contributed by atoms with van der Waals surface area (Å²) < 4.78 is 140. The molecule has 0 unspecified atom stereocenters. The number of benzene rings is 3. The van der Waals surface area contributed by atoms with Crippen molar-refractivity contribution in [3.8, 4) is 33.8 Å². The van der Waals surface area contributed by atoms with Gasteiger partial charge in [-0.3, -0.25) is 33.6 Å². The predicted octanol–water partition coefficient (Wildman–Crippen LogP) is 18.1. The zero-order valence-corrected chi connectivity index (χ0v) is 87.0. The van der Waals surface area contributed by atoms with Gasteiger partial charge >= 0.3 is 24.5 Å². The minimum absolute atomic E-state index is 0.0402. The van der Waals surface area contributed by atoms with Gasteiger partial charge in [-0.25, -0.2) is 60.8 Å². The molecule has 0 radical (unpaired) electrons. The van der Waals surface area contributed by atoms with E-state index in [1.807, 2.05) is 68.4 Å². The number of hydrogen-bond acceptors (Lipinski definition) is 20. The Morgan fingerprint density at radius 3 is 1.20 bits per heavy atom. The molecule has 798 valence electrons. The number of alkyl carbamates (subject to hydrolysis) is 1. The van der Waals surface area contributed by atoms with Gasteiger partial charge in [0.1, 0.15) is 73.8 Å². The van der Waals surface area contributed by atoms with Crippen LogP contribution in [0.4, 0.5) is 49.1 Å². The molecular weight excluding hydrogens is 1960 g/mol. The minimum Gasteiger partial charge on any atom is -0.444 e. The molecule has 3 aromatic carbocycles. The largest absolute Gasteiger partial charge is 0.444 e. The van der Waals surface area contributed by atoms with Crippen molar-refractivity contribution in [2.24, 2.45) is 17.6 Å². The Morgan fingerprint density at radius 1 is 0.463 bits per heavy atom. The molecule has 43 heteroatoms. The number of nitrogens with zero attached hydrogens (tertiary/aromatic N) is 20. The van der Waals surface area contributed by atoms with Gasteiger partial charge in [0.05, 0.1) is 53.4 Å². The van der Waals surface area contributed by atoms with Crippen molar-refractivity contribution >= 4 is 87.7 Å².